The number of hydrogen-bond donors (Lipinski definition) is 2. The van der Waals surface area contributed by atoms with Crippen molar-refractivity contribution in [3.8, 4) is 5.75 Å². The normalized spacial score (nSPS) is 11.6. The predicted molar refractivity (Wildman–Crippen MR) is 97.7 cm³/mol. The number of likely N-dealkylation sites (N-methyl/N-ethyl adjacent to an activating group) is 1. The molecule has 2 aromatic carbocycles. The molecule has 0 spiro atoms. The highest BCUT2D eigenvalue weighted by atomic mass is 35.5. The summed E-state index contributed by atoms with van der Waals surface area (Å²) < 4.78 is 5.46. The highest BCUT2D eigenvalue weighted by Crippen LogP contribution is 2.19. The largest absolute Gasteiger partial charge is 0.490 e. The summed E-state index contributed by atoms with van der Waals surface area (Å²) >= 11 is 6.05. The fourth-order valence-corrected chi connectivity index (χ4v) is 2.48. The van der Waals surface area contributed by atoms with Crippen molar-refractivity contribution in [1.29, 1.82) is 0 Å². The average molecular weight is 346 g/mol. The molecule has 24 heavy (non-hydrogen) atoms. The van der Waals surface area contributed by atoms with Gasteiger partial charge in [0, 0.05) is 5.56 Å². The first-order valence-electron chi connectivity index (χ1n) is 7.77. The summed E-state index contributed by atoms with van der Waals surface area (Å²) in [6.07, 6.45) is 1.71. The highest BCUT2D eigenvalue weighted by molar-refractivity contribution is 6.33. The molecule has 4 nitrogen and oxygen atoms in total. The minimum atomic E-state index is -0.0634. The van der Waals surface area contributed by atoms with E-state index in [9.17, 15) is 4.79 Å². The van der Waals surface area contributed by atoms with E-state index in [1.54, 1.807) is 18.2 Å². The molecule has 0 saturated heterocycles. The number of benzene rings is 2. The Labute approximate surface area is 147 Å². The van der Waals surface area contributed by atoms with Crippen LogP contribution in [0.2, 0.25) is 5.02 Å². The first-order valence-corrected chi connectivity index (χ1v) is 8.14. The van der Waals surface area contributed by atoms with E-state index >= 15 is 0 Å². The minimum absolute atomic E-state index is 0.0634. The van der Waals surface area contributed by atoms with E-state index in [0.717, 1.165) is 22.8 Å². The second-order valence-electron chi connectivity index (χ2n) is 5.58. The van der Waals surface area contributed by atoms with Crippen molar-refractivity contribution in [2.24, 2.45) is 0 Å². The van der Waals surface area contributed by atoms with Crippen molar-refractivity contribution in [2.45, 2.75) is 6.54 Å². The van der Waals surface area contributed by atoms with Gasteiger partial charge in [-0.3, -0.25) is 4.79 Å². The van der Waals surface area contributed by atoms with Gasteiger partial charge in [0.05, 0.1) is 17.8 Å². The molecule has 1 unspecified atom stereocenters. The maximum Gasteiger partial charge on any atom is 0.279 e. The lowest BCUT2D eigenvalue weighted by molar-refractivity contribution is -0.885. The number of ether oxygens (including phenoxy) is 1. The Morgan fingerprint density at radius 2 is 1.96 bits per heavy atom. The monoisotopic (exact) mass is 345 g/mol. The van der Waals surface area contributed by atoms with Crippen LogP contribution in [0.3, 0.4) is 0 Å². The SMILES string of the molecule is C=CCOc1ccc(C[NH+](C)CC(=O)Nc2ccccc2Cl)cc1. The van der Waals surface area contributed by atoms with Crippen molar-refractivity contribution in [3.63, 3.8) is 0 Å². The number of hydrogen-bond acceptors (Lipinski definition) is 2. The fourth-order valence-electron chi connectivity index (χ4n) is 2.30. The molecule has 1 amide bonds. The van der Waals surface area contributed by atoms with E-state index in [4.69, 9.17) is 16.3 Å². The van der Waals surface area contributed by atoms with Gasteiger partial charge in [-0.25, -0.2) is 0 Å². The Morgan fingerprint density at radius 3 is 2.62 bits per heavy atom. The van der Waals surface area contributed by atoms with E-state index < -0.39 is 0 Å². The zero-order valence-corrected chi connectivity index (χ0v) is 14.5. The molecule has 5 heteroatoms. The summed E-state index contributed by atoms with van der Waals surface area (Å²) in [6.45, 7) is 5.22. The second-order valence-corrected chi connectivity index (χ2v) is 5.99. The van der Waals surface area contributed by atoms with Gasteiger partial charge in [0.1, 0.15) is 18.9 Å². The number of amides is 1. The van der Waals surface area contributed by atoms with Crippen LogP contribution in [0.15, 0.2) is 61.2 Å². The highest BCUT2D eigenvalue weighted by Gasteiger charge is 2.12. The van der Waals surface area contributed by atoms with Gasteiger partial charge in [-0.1, -0.05) is 36.4 Å². The molecule has 0 radical (unpaired) electrons. The smallest absolute Gasteiger partial charge is 0.279 e. The lowest BCUT2D eigenvalue weighted by atomic mass is 10.2. The van der Waals surface area contributed by atoms with Crippen LogP contribution in [0.25, 0.3) is 0 Å². The molecule has 2 rings (SSSR count). The Hall–Kier alpha value is -2.30. The van der Waals surface area contributed by atoms with Gasteiger partial charge in [0.2, 0.25) is 0 Å². The Kier molecular flexibility index (Phi) is 6.85. The number of carbonyl (C=O) groups excluding carboxylic acids is 1. The summed E-state index contributed by atoms with van der Waals surface area (Å²) in [5.74, 6) is 0.749. The van der Waals surface area contributed by atoms with Crippen molar-refractivity contribution in [2.75, 3.05) is 25.5 Å². The molecular weight excluding hydrogens is 324 g/mol. The first kappa shape index (κ1) is 18.0. The zero-order chi connectivity index (χ0) is 17.4. The molecule has 0 aliphatic carbocycles. The van der Waals surface area contributed by atoms with Gasteiger partial charge < -0.3 is 15.0 Å². The van der Waals surface area contributed by atoms with E-state index in [1.165, 1.54) is 0 Å². The van der Waals surface area contributed by atoms with Gasteiger partial charge in [-0.05, 0) is 36.4 Å². The maximum absolute atomic E-state index is 12.1. The van der Waals surface area contributed by atoms with Crippen molar-refractivity contribution in [1.82, 2.24) is 0 Å². The number of quaternary nitrogens is 1. The van der Waals surface area contributed by atoms with Crippen LogP contribution >= 0.6 is 11.6 Å². The molecule has 2 N–H and O–H groups in total. The average Bonchev–Trinajstić information content (AvgIpc) is 2.56. The molecule has 0 bridgehead atoms. The molecule has 0 fully saturated rings. The third-order valence-corrected chi connectivity index (χ3v) is 3.74. The third-order valence-electron chi connectivity index (χ3n) is 3.41. The van der Waals surface area contributed by atoms with E-state index in [2.05, 4.69) is 11.9 Å². The molecule has 0 aliphatic rings. The standard InChI is InChI=1S/C19H21ClN2O2/c1-3-12-24-16-10-8-15(9-11-16)13-22(2)14-19(23)21-18-7-5-4-6-17(18)20/h3-11H,1,12-14H2,2H3,(H,21,23)/p+1. The molecule has 0 aliphatic heterocycles. The van der Waals surface area contributed by atoms with Crippen LogP contribution in [0, 0.1) is 0 Å². The first-order chi connectivity index (χ1) is 11.6. The summed E-state index contributed by atoms with van der Waals surface area (Å²) in [4.78, 5) is 13.2. The summed E-state index contributed by atoms with van der Waals surface area (Å²) in [7, 11) is 1.98. The van der Waals surface area contributed by atoms with Gasteiger partial charge in [-0.15, -0.1) is 0 Å². The molecule has 2 aromatic rings. The topological polar surface area (TPSA) is 42.8 Å². The maximum atomic E-state index is 12.1. The third kappa shape index (κ3) is 5.72. The zero-order valence-electron chi connectivity index (χ0n) is 13.7. The lowest BCUT2D eigenvalue weighted by Gasteiger charge is -2.14. The van der Waals surface area contributed by atoms with E-state index in [-0.39, 0.29) is 5.91 Å². The molecule has 1 atom stereocenters. The molecule has 0 aromatic heterocycles. The van der Waals surface area contributed by atoms with Gasteiger partial charge in [0.25, 0.3) is 5.91 Å². The quantitative estimate of drug-likeness (QED) is 0.722. The van der Waals surface area contributed by atoms with E-state index in [0.29, 0.717) is 23.9 Å². The Morgan fingerprint density at radius 1 is 1.25 bits per heavy atom. The van der Waals surface area contributed by atoms with E-state index in [1.807, 2.05) is 43.4 Å². The van der Waals surface area contributed by atoms with Crippen molar-refractivity contribution in [3.05, 3.63) is 71.8 Å². The number of carbonyl (C=O) groups is 1. The summed E-state index contributed by atoms with van der Waals surface area (Å²) in [6, 6.07) is 15.1. The minimum Gasteiger partial charge on any atom is -0.490 e. The number of para-hydroxylation sites is 1. The number of halogens is 1. The molecule has 0 heterocycles. The lowest BCUT2D eigenvalue weighted by Crippen LogP contribution is -3.08. The van der Waals surface area contributed by atoms with Crippen LogP contribution in [-0.4, -0.2) is 26.1 Å². The predicted octanol–water partition coefficient (Wildman–Crippen LogP) is 2.56. The van der Waals surface area contributed by atoms with Gasteiger partial charge in [0.15, 0.2) is 6.54 Å². The molecular formula is C19H22ClN2O2+. The number of rotatable bonds is 8. The Balaban J connectivity index is 1.84. The van der Waals surface area contributed by atoms with Crippen molar-refractivity contribution < 1.29 is 14.4 Å². The Bertz CT molecular complexity index is 686. The number of anilines is 1. The molecule has 126 valence electrons. The van der Waals surface area contributed by atoms with Crippen LogP contribution in [0.5, 0.6) is 5.75 Å². The fraction of sp³-hybridized carbons (Fsp3) is 0.211. The number of nitrogens with one attached hydrogen (secondary N) is 2. The second kappa shape index (κ2) is 9.11. The van der Waals surface area contributed by atoms with Crippen molar-refractivity contribution >= 4 is 23.2 Å². The summed E-state index contributed by atoms with van der Waals surface area (Å²) in [5.41, 5.74) is 1.78. The van der Waals surface area contributed by atoms with Crippen LogP contribution in [0.4, 0.5) is 5.69 Å². The van der Waals surface area contributed by atoms with Crippen LogP contribution in [0.1, 0.15) is 5.56 Å². The molecule has 0 saturated carbocycles. The van der Waals surface area contributed by atoms with Crippen LogP contribution < -0.4 is 15.0 Å². The van der Waals surface area contributed by atoms with Gasteiger partial charge in [-0.2, -0.15) is 0 Å². The van der Waals surface area contributed by atoms with Crippen LogP contribution in [-0.2, 0) is 11.3 Å². The van der Waals surface area contributed by atoms with Gasteiger partial charge >= 0.3 is 0 Å². The summed E-state index contributed by atoms with van der Waals surface area (Å²) in [5, 5.41) is 3.38.